The predicted molar refractivity (Wildman–Crippen MR) is 81.8 cm³/mol. The average molecular weight is 298 g/mol. The van der Waals surface area contributed by atoms with Crippen molar-refractivity contribution >= 4 is 17.3 Å². The lowest BCUT2D eigenvalue weighted by Gasteiger charge is -2.04. The smallest absolute Gasteiger partial charge is 0.176 e. The molecule has 3 rings (SSSR count). The Morgan fingerprint density at radius 3 is 2.50 bits per heavy atom. The van der Waals surface area contributed by atoms with Gasteiger partial charge in [0, 0.05) is 16.5 Å². The quantitative estimate of drug-likeness (QED) is 0.745. The average Bonchev–Trinajstić information content (AvgIpc) is 2.98. The van der Waals surface area contributed by atoms with E-state index in [0.717, 1.165) is 17.2 Å². The highest BCUT2D eigenvalue weighted by Gasteiger charge is 2.13. The van der Waals surface area contributed by atoms with E-state index in [0.29, 0.717) is 28.4 Å². The van der Waals surface area contributed by atoms with Gasteiger partial charge in [0.25, 0.3) is 0 Å². The first-order valence-electron chi connectivity index (χ1n) is 6.60. The third-order valence-corrected chi connectivity index (χ3v) is 3.42. The van der Waals surface area contributed by atoms with Crippen molar-refractivity contribution in [3.05, 3.63) is 42.0 Å². The highest BCUT2D eigenvalue weighted by molar-refractivity contribution is 5.92. The van der Waals surface area contributed by atoms with Gasteiger partial charge in [-0.25, -0.2) is 0 Å². The zero-order valence-corrected chi connectivity index (χ0v) is 12.1. The Morgan fingerprint density at radius 1 is 1.05 bits per heavy atom. The number of phenols is 1. The van der Waals surface area contributed by atoms with Crippen LogP contribution in [0.15, 0.2) is 40.8 Å². The van der Waals surface area contributed by atoms with Crippen molar-refractivity contribution in [2.24, 2.45) is 0 Å². The van der Waals surface area contributed by atoms with Crippen LogP contribution in [0.5, 0.6) is 17.2 Å². The molecule has 0 aliphatic carbocycles. The van der Waals surface area contributed by atoms with E-state index in [1.54, 1.807) is 24.3 Å². The molecule has 0 spiro atoms. The SMILES string of the molecule is COc1cc(-c2cc3cc(C=O)cc(OC)c3o2)ccc1O. The topological polar surface area (TPSA) is 68.9 Å². The maximum atomic E-state index is 11.0. The number of benzene rings is 2. The Kier molecular flexibility index (Phi) is 3.47. The Bertz CT molecular complexity index is 848. The molecule has 112 valence electrons. The van der Waals surface area contributed by atoms with Crippen LogP contribution in [-0.2, 0) is 0 Å². The second-order valence-electron chi connectivity index (χ2n) is 4.76. The number of carbonyl (C=O) groups excluding carboxylic acids is 1. The number of methoxy groups -OCH3 is 2. The van der Waals surface area contributed by atoms with Gasteiger partial charge in [-0.3, -0.25) is 4.79 Å². The summed E-state index contributed by atoms with van der Waals surface area (Å²) < 4.78 is 16.2. The van der Waals surface area contributed by atoms with Crippen LogP contribution in [0, 0.1) is 0 Å². The molecule has 0 amide bonds. The van der Waals surface area contributed by atoms with E-state index in [1.807, 2.05) is 6.07 Å². The minimum atomic E-state index is 0.0585. The van der Waals surface area contributed by atoms with Crippen LogP contribution in [0.3, 0.4) is 0 Å². The van der Waals surface area contributed by atoms with Gasteiger partial charge in [0.15, 0.2) is 22.8 Å². The molecule has 2 aromatic carbocycles. The van der Waals surface area contributed by atoms with Gasteiger partial charge in [-0.2, -0.15) is 0 Å². The van der Waals surface area contributed by atoms with E-state index in [1.165, 1.54) is 20.3 Å². The highest BCUT2D eigenvalue weighted by Crippen LogP contribution is 2.37. The van der Waals surface area contributed by atoms with Gasteiger partial charge < -0.3 is 19.0 Å². The molecule has 0 unspecified atom stereocenters. The number of hydrogen-bond donors (Lipinski definition) is 1. The van der Waals surface area contributed by atoms with Crippen LogP contribution in [0.25, 0.3) is 22.3 Å². The fourth-order valence-electron chi connectivity index (χ4n) is 2.34. The fourth-order valence-corrected chi connectivity index (χ4v) is 2.34. The van der Waals surface area contributed by atoms with E-state index in [9.17, 15) is 9.90 Å². The molecule has 5 nitrogen and oxygen atoms in total. The first kappa shape index (κ1) is 14.0. The lowest BCUT2D eigenvalue weighted by atomic mass is 10.1. The molecule has 5 heteroatoms. The molecule has 0 bridgehead atoms. The summed E-state index contributed by atoms with van der Waals surface area (Å²) in [7, 11) is 3.01. The van der Waals surface area contributed by atoms with Crippen molar-refractivity contribution in [3.8, 4) is 28.6 Å². The number of aromatic hydroxyl groups is 1. The summed E-state index contributed by atoms with van der Waals surface area (Å²) in [6.45, 7) is 0. The molecule has 0 saturated carbocycles. The number of hydrogen-bond acceptors (Lipinski definition) is 5. The number of carbonyl (C=O) groups is 1. The summed E-state index contributed by atoms with van der Waals surface area (Å²) in [5, 5.41) is 10.4. The summed E-state index contributed by atoms with van der Waals surface area (Å²) in [5.74, 6) is 1.51. The number of aldehydes is 1. The van der Waals surface area contributed by atoms with E-state index >= 15 is 0 Å². The third kappa shape index (κ3) is 2.26. The largest absolute Gasteiger partial charge is 0.504 e. The van der Waals surface area contributed by atoms with Crippen molar-refractivity contribution in [3.63, 3.8) is 0 Å². The molecule has 0 atom stereocenters. The van der Waals surface area contributed by atoms with Crippen LogP contribution in [0.2, 0.25) is 0 Å². The lowest BCUT2D eigenvalue weighted by molar-refractivity contribution is 0.112. The minimum absolute atomic E-state index is 0.0585. The van der Waals surface area contributed by atoms with Crippen molar-refractivity contribution < 1.29 is 23.8 Å². The van der Waals surface area contributed by atoms with Crippen molar-refractivity contribution in [2.75, 3.05) is 14.2 Å². The van der Waals surface area contributed by atoms with Crippen LogP contribution in [0.1, 0.15) is 10.4 Å². The van der Waals surface area contributed by atoms with Crippen LogP contribution >= 0.6 is 0 Å². The zero-order valence-electron chi connectivity index (χ0n) is 12.1. The summed E-state index contributed by atoms with van der Waals surface area (Å²) >= 11 is 0. The van der Waals surface area contributed by atoms with Crippen LogP contribution < -0.4 is 9.47 Å². The standard InChI is InChI=1S/C17H14O5/c1-20-15-7-11(3-4-13(15)19)14-8-12-5-10(9-18)6-16(21-2)17(12)22-14/h3-9,19H,1-2H3. The van der Waals surface area contributed by atoms with E-state index in [-0.39, 0.29) is 5.75 Å². The molecule has 0 fully saturated rings. The fraction of sp³-hybridized carbons (Fsp3) is 0.118. The van der Waals surface area contributed by atoms with E-state index in [2.05, 4.69) is 0 Å². The van der Waals surface area contributed by atoms with Crippen molar-refractivity contribution in [2.45, 2.75) is 0 Å². The molecular weight excluding hydrogens is 284 g/mol. The summed E-state index contributed by atoms with van der Waals surface area (Å²) in [5.41, 5.74) is 1.83. The molecule has 22 heavy (non-hydrogen) atoms. The number of furan rings is 1. The van der Waals surface area contributed by atoms with Gasteiger partial charge >= 0.3 is 0 Å². The monoisotopic (exact) mass is 298 g/mol. The summed E-state index contributed by atoms with van der Waals surface area (Å²) in [6.07, 6.45) is 0.762. The summed E-state index contributed by atoms with van der Waals surface area (Å²) in [4.78, 5) is 11.0. The number of rotatable bonds is 4. The van der Waals surface area contributed by atoms with Crippen LogP contribution in [0.4, 0.5) is 0 Å². The minimum Gasteiger partial charge on any atom is -0.504 e. The van der Waals surface area contributed by atoms with E-state index < -0.39 is 0 Å². The molecular formula is C17H14O5. The number of ether oxygens (including phenoxy) is 2. The molecule has 0 saturated heterocycles. The Labute approximate surface area is 126 Å². The number of fused-ring (bicyclic) bond motifs is 1. The molecule has 1 heterocycles. The molecule has 1 aromatic heterocycles. The highest BCUT2D eigenvalue weighted by atomic mass is 16.5. The first-order chi connectivity index (χ1) is 10.7. The van der Waals surface area contributed by atoms with Gasteiger partial charge in [0.2, 0.25) is 0 Å². The van der Waals surface area contributed by atoms with Gasteiger partial charge in [-0.1, -0.05) is 0 Å². The van der Waals surface area contributed by atoms with Gasteiger partial charge in [-0.05, 0) is 36.4 Å². The second-order valence-corrected chi connectivity index (χ2v) is 4.76. The van der Waals surface area contributed by atoms with Crippen molar-refractivity contribution in [1.29, 1.82) is 0 Å². The Balaban J connectivity index is 2.18. The Morgan fingerprint density at radius 2 is 1.82 bits per heavy atom. The molecule has 0 aliphatic rings. The molecule has 0 radical (unpaired) electrons. The normalized spacial score (nSPS) is 10.6. The molecule has 1 N–H and O–H groups in total. The maximum Gasteiger partial charge on any atom is 0.176 e. The molecule has 3 aromatic rings. The lowest BCUT2D eigenvalue weighted by Crippen LogP contribution is -1.86. The van der Waals surface area contributed by atoms with E-state index in [4.69, 9.17) is 13.9 Å². The van der Waals surface area contributed by atoms with Gasteiger partial charge in [0.05, 0.1) is 14.2 Å². The molecule has 0 aliphatic heterocycles. The zero-order chi connectivity index (χ0) is 15.7. The van der Waals surface area contributed by atoms with Crippen LogP contribution in [-0.4, -0.2) is 25.6 Å². The Hall–Kier alpha value is -2.95. The summed E-state index contributed by atoms with van der Waals surface area (Å²) in [6, 6.07) is 10.1. The van der Waals surface area contributed by atoms with Gasteiger partial charge in [0.1, 0.15) is 12.0 Å². The maximum absolute atomic E-state index is 11.0. The van der Waals surface area contributed by atoms with Crippen molar-refractivity contribution in [1.82, 2.24) is 0 Å². The number of phenolic OH excluding ortho intramolecular Hbond substituents is 1. The second kappa shape index (κ2) is 5.44. The predicted octanol–water partition coefficient (Wildman–Crippen LogP) is 3.64. The van der Waals surface area contributed by atoms with Gasteiger partial charge in [-0.15, -0.1) is 0 Å². The first-order valence-corrected chi connectivity index (χ1v) is 6.60. The third-order valence-electron chi connectivity index (χ3n) is 3.42.